The summed E-state index contributed by atoms with van der Waals surface area (Å²) in [5, 5.41) is 10.7. The van der Waals surface area contributed by atoms with Crippen LogP contribution in [0.15, 0.2) is 30.3 Å². The molecule has 1 aromatic carbocycles. The number of hydrogen-bond donors (Lipinski definition) is 0. The van der Waals surface area contributed by atoms with E-state index in [-0.39, 0.29) is 0 Å². The number of benzene rings is 1. The first kappa shape index (κ1) is 9.32. The van der Waals surface area contributed by atoms with Gasteiger partial charge in [-0.1, -0.05) is 30.3 Å². The van der Waals surface area contributed by atoms with Gasteiger partial charge in [-0.05, 0) is 15.3 Å². The molecule has 76 valence electrons. The molecule has 0 aliphatic rings. The summed E-state index contributed by atoms with van der Waals surface area (Å²) in [6.45, 7) is 1.29. The Morgan fingerprint density at radius 3 is 2.73 bits per heavy atom. The lowest BCUT2D eigenvalue weighted by Gasteiger charge is -2.01. The third-order valence-corrected chi connectivity index (χ3v) is 1.69. The van der Waals surface area contributed by atoms with Crippen molar-refractivity contribution in [2.24, 2.45) is 0 Å². The normalized spacial score (nSPS) is 9.93. The second-order valence-corrected chi connectivity index (χ2v) is 2.82. The molecular weight excluding hydrogens is 196 g/mol. The molecule has 0 unspecified atom stereocenters. The second-order valence-electron chi connectivity index (χ2n) is 2.82. The standard InChI is InChI=1S/C9H8N4O2/c1-7(14)15-13-9(10-11-12-13)8-5-3-2-4-6-8/h2-6H,1H3. The fraction of sp³-hybridized carbons (Fsp3) is 0.111. The minimum absolute atomic E-state index is 0.394. The number of rotatable bonds is 2. The molecule has 0 N–H and O–H groups in total. The Morgan fingerprint density at radius 1 is 1.33 bits per heavy atom. The van der Waals surface area contributed by atoms with E-state index in [0.717, 1.165) is 10.4 Å². The summed E-state index contributed by atoms with van der Waals surface area (Å²) in [4.78, 5) is 16.5. The van der Waals surface area contributed by atoms with E-state index in [9.17, 15) is 4.79 Å². The van der Waals surface area contributed by atoms with E-state index in [0.29, 0.717) is 5.82 Å². The molecule has 0 saturated carbocycles. The van der Waals surface area contributed by atoms with Gasteiger partial charge in [0, 0.05) is 12.5 Å². The fourth-order valence-corrected chi connectivity index (χ4v) is 1.12. The van der Waals surface area contributed by atoms with Gasteiger partial charge in [-0.3, -0.25) is 0 Å². The third-order valence-electron chi connectivity index (χ3n) is 1.69. The smallest absolute Gasteiger partial charge is 0.316 e. The van der Waals surface area contributed by atoms with Crippen LogP contribution in [0.3, 0.4) is 0 Å². The Kier molecular flexibility index (Phi) is 2.40. The Labute approximate surface area is 85.4 Å². The molecule has 1 aromatic heterocycles. The third kappa shape index (κ3) is 1.98. The highest BCUT2D eigenvalue weighted by Gasteiger charge is 2.10. The van der Waals surface area contributed by atoms with E-state index in [2.05, 4.69) is 15.5 Å². The molecule has 0 bridgehead atoms. The zero-order valence-electron chi connectivity index (χ0n) is 7.99. The van der Waals surface area contributed by atoms with Crippen molar-refractivity contribution >= 4 is 5.97 Å². The van der Waals surface area contributed by atoms with Crippen LogP contribution in [0.5, 0.6) is 0 Å². The molecule has 6 heteroatoms. The molecule has 0 aliphatic heterocycles. The minimum Gasteiger partial charge on any atom is -0.316 e. The van der Waals surface area contributed by atoms with Crippen LogP contribution < -0.4 is 4.84 Å². The molecule has 0 spiro atoms. The fourth-order valence-electron chi connectivity index (χ4n) is 1.12. The van der Waals surface area contributed by atoms with Crippen LogP contribution in [-0.2, 0) is 4.79 Å². The van der Waals surface area contributed by atoms with E-state index in [1.54, 1.807) is 0 Å². The molecule has 0 fully saturated rings. The maximum absolute atomic E-state index is 10.8. The molecule has 0 atom stereocenters. The van der Waals surface area contributed by atoms with Gasteiger partial charge in [-0.15, -0.1) is 5.10 Å². The summed E-state index contributed by atoms with van der Waals surface area (Å²) < 4.78 is 0. The van der Waals surface area contributed by atoms with Gasteiger partial charge in [0.2, 0.25) is 5.82 Å². The Hall–Kier alpha value is -2.24. The minimum atomic E-state index is -0.473. The SMILES string of the molecule is CC(=O)On1nnnc1-c1ccccc1. The predicted molar refractivity (Wildman–Crippen MR) is 50.5 cm³/mol. The zero-order valence-corrected chi connectivity index (χ0v) is 7.99. The van der Waals surface area contributed by atoms with Gasteiger partial charge in [0.1, 0.15) is 0 Å². The van der Waals surface area contributed by atoms with Gasteiger partial charge in [0.05, 0.1) is 0 Å². The molecule has 1 heterocycles. The Balaban J connectivity index is 2.37. The first-order valence-corrected chi connectivity index (χ1v) is 4.30. The number of hydrogen-bond acceptors (Lipinski definition) is 5. The molecule has 0 amide bonds. The van der Waals surface area contributed by atoms with Gasteiger partial charge in [-0.25, -0.2) is 4.79 Å². The number of carbonyl (C=O) groups is 1. The first-order chi connectivity index (χ1) is 7.27. The lowest BCUT2D eigenvalue weighted by atomic mass is 10.2. The molecule has 15 heavy (non-hydrogen) atoms. The van der Waals surface area contributed by atoms with Gasteiger partial charge < -0.3 is 4.84 Å². The van der Waals surface area contributed by atoms with Crippen LogP contribution in [0.1, 0.15) is 6.92 Å². The maximum atomic E-state index is 10.8. The van der Waals surface area contributed by atoms with Gasteiger partial charge in [-0.2, -0.15) is 0 Å². The van der Waals surface area contributed by atoms with Crippen LogP contribution in [-0.4, -0.2) is 26.3 Å². The van der Waals surface area contributed by atoms with Crippen LogP contribution >= 0.6 is 0 Å². The Morgan fingerprint density at radius 2 is 2.07 bits per heavy atom. The topological polar surface area (TPSA) is 69.9 Å². The van der Waals surface area contributed by atoms with Crippen LogP contribution in [0.2, 0.25) is 0 Å². The van der Waals surface area contributed by atoms with E-state index < -0.39 is 5.97 Å². The molecule has 2 aromatic rings. The lowest BCUT2D eigenvalue weighted by molar-refractivity contribution is -0.143. The molecule has 6 nitrogen and oxygen atoms in total. The highest BCUT2D eigenvalue weighted by atomic mass is 16.7. The highest BCUT2D eigenvalue weighted by Crippen LogP contribution is 2.13. The van der Waals surface area contributed by atoms with Crippen molar-refractivity contribution in [1.29, 1.82) is 0 Å². The number of aromatic nitrogens is 4. The largest absolute Gasteiger partial charge is 0.332 e. The van der Waals surface area contributed by atoms with Crippen molar-refractivity contribution in [1.82, 2.24) is 20.4 Å². The van der Waals surface area contributed by atoms with Crippen molar-refractivity contribution in [2.45, 2.75) is 6.92 Å². The summed E-state index contributed by atoms with van der Waals surface area (Å²) in [7, 11) is 0. The quantitative estimate of drug-likeness (QED) is 0.658. The van der Waals surface area contributed by atoms with E-state index in [4.69, 9.17) is 4.84 Å². The number of carbonyl (C=O) groups excluding carboxylic acids is 1. The van der Waals surface area contributed by atoms with Crippen LogP contribution in [0, 0.1) is 0 Å². The number of nitrogens with zero attached hydrogens (tertiary/aromatic N) is 4. The zero-order chi connectivity index (χ0) is 10.7. The molecular formula is C9H8N4O2. The highest BCUT2D eigenvalue weighted by molar-refractivity contribution is 5.66. The predicted octanol–water partition coefficient (Wildman–Crippen LogP) is 0.315. The number of tetrazole rings is 1. The average molecular weight is 204 g/mol. The summed E-state index contributed by atoms with van der Waals surface area (Å²) in [5.74, 6) is -0.0784. The van der Waals surface area contributed by atoms with Crippen LogP contribution in [0.25, 0.3) is 11.4 Å². The van der Waals surface area contributed by atoms with E-state index >= 15 is 0 Å². The van der Waals surface area contributed by atoms with Crippen LogP contribution in [0.4, 0.5) is 0 Å². The summed E-state index contributed by atoms with van der Waals surface area (Å²) in [6.07, 6.45) is 0. The average Bonchev–Trinajstić information content (AvgIpc) is 2.66. The maximum Gasteiger partial charge on any atom is 0.332 e. The van der Waals surface area contributed by atoms with Gasteiger partial charge >= 0.3 is 5.97 Å². The molecule has 0 saturated heterocycles. The molecule has 0 aliphatic carbocycles. The molecule has 0 radical (unpaired) electrons. The lowest BCUT2D eigenvalue weighted by Crippen LogP contribution is -2.19. The summed E-state index contributed by atoms with van der Waals surface area (Å²) >= 11 is 0. The molecule has 2 rings (SSSR count). The second kappa shape index (κ2) is 3.87. The van der Waals surface area contributed by atoms with E-state index in [1.165, 1.54) is 6.92 Å². The summed E-state index contributed by atoms with van der Waals surface area (Å²) in [6, 6.07) is 9.23. The summed E-state index contributed by atoms with van der Waals surface area (Å²) in [5.41, 5.74) is 0.781. The van der Waals surface area contributed by atoms with Crippen molar-refractivity contribution in [3.05, 3.63) is 30.3 Å². The Bertz CT molecular complexity index is 466. The van der Waals surface area contributed by atoms with Crippen molar-refractivity contribution in [2.75, 3.05) is 0 Å². The van der Waals surface area contributed by atoms with Crippen molar-refractivity contribution in [3.8, 4) is 11.4 Å². The van der Waals surface area contributed by atoms with Crippen molar-refractivity contribution in [3.63, 3.8) is 0 Å². The first-order valence-electron chi connectivity index (χ1n) is 4.30. The van der Waals surface area contributed by atoms with E-state index in [1.807, 2.05) is 30.3 Å². The van der Waals surface area contributed by atoms with Gasteiger partial charge in [0.25, 0.3) is 0 Å². The monoisotopic (exact) mass is 204 g/mol. The van der Waals surface area contributed by atoms with Crippen molar-refractivity contribution < 1.29 is 9.63 Å². The van der Waals surface area contributed by atoms with Gasteiger partial charge in [0.15, 0.2) is 0 Å².